The Morgan fingerprint density at radius 2 is 1.88 bits per heavy atom. The van der Waals surface area contributed by atoms with Gasteiger partial charge in [-0.05, 0) is 49.8 Å². The number of allylic oxidation sites excluding steroid dienone is 2. The highest BCUT2D eigenvalue weighted by Crippen LogP contribution is 2.48. The van der Waals surface area contributed by atoms with Crippen LogP contribution in [-0.4, -0.2) is 21.3 Å². The number of hydrogen-bond donors (Lipinski definition) is 3. The van der Waals surface area contributed by atoms with E-state index in [4.69, 9.17) is 0 Å². The maximum absolute atomic E-state index is 11.3. The number of aryl methyl sites for hydroxylation is 1. The number of benzene rings is 1. The summed E-state index contributed by atoms with van der Waals surface area (Å²) in [5, 5.41) is 30.2. The van der Waals surface area contributed by atoms with Gasteiger partial charge in [-0.3, -0.25) is 0 Å². The summed E-state index contributed by atoms with van der Waals surface area (Å²) in [5.41, 5.74) is 2.45. The van der Waals surface area contributed by atoms with Gasteiger partial charge in [0.2, 0.25) is 0 Å². The molecule has 0 unspecified atom stereocenters. The van der Waals surface area contributed by atoms with Crippen molar-refractivity contribution in [3.05, 3.63) is 47.1 Å². The molecule has 3 N–H and O–H groups in total. The maximum Gasteiger partial charge on any atom is 0.331 e. The van der Waals surface area contributed by atoms with Gasteiger partial charge in [0, 0.05) is 17.1 Å². The molecule has 0 aromatic heterocycles. The van der Waals surface area contributed by atoms with Crippen molar-refractivity contribution in [1.82, 2.24) is 0 Å². The number of aliphatic carboxylic acids is 1. The zero-order valence-electron chi connectivity index (χ0n) is 14.4. The Balaban J connectivity index is 2.35. The molecule has 0 radical (unpaired) electrons. The highest BCUT2D eigenvalue weighted by atomic mass is 16.4. The Kier molecular flexibility index (Phi) is 5.71. The van der Waals surface area contributed by atoms with Gasteiger partial charge in [-0.25, -0.2) is 4.79 Å². The number of hydrogen-bond acceptors (Lipinski definition) is 3. The van der Waals surface area contributed by atoms with Gasteiger partial charge in [-0.15, -0.1) is 0 Å². The molecule has 0 saturated heterocycles. The molecule has 0 fully saturated rings. The first-order valence-electron chi connectivity index (χ1n) is 8.49. The summed E-state index contributed by atoms with van der Waals surface area (Å²) in [6.07, 6.45) is 6.03. The first-order chi connectivity index (χ1) is 11.3. The first kappa shape index (κ1) is 18.1. The highest BCUT2D eigenvalue weighted by molar-refractivity contribution is 5.87. The lowest BCUT2D eigenvalue weighted by Crippen LogP contribution is -2.09. The van der Waals surface area contributed by atoms with Gasteiger partial charge >= 0.3 is 5.97 Å². The summed E-state index contributed by atoms with van der Waals surface area (Å²) in [5.74, 6) is -1.39. The van der Waals surface area contributed by atoms with Gasteiger partial charge in [0.15, 0.2) is 0 Å². The topological polar surface area (TPSA) is 77.8 Å². The third kappa shape index (κ3) is 3.81. The van der Waals surface area contributed by atoms with E-state index in [2.05, 4.69) is 13.5 Å². The number of carboxylic acids is 1. The van der Waals surface area contributed by atoms with Gasteiger partial charge in [-0.2, -0.15) is 0 Å². The Morgan fingerprint density at radius 3 is 2.38 bits per heavy atom. The Morgan fingerprint density at radius 1 is 1.25 bits per heavy atom. The van der Waals surface area contributed by atoms with Crippen LogP contribution in [0.25, 0.3) is 0 Å². The SMILES string of the molecule is C=C(C)[C@@H]1CC(C(=O)O)=C[C@H]1c1c(O)cc(CCCCC)cc1O. The standard InChI is InChI=1S/C20H26O4/c1-4-5-6-7-13-8-17(21)19(18(22)9-13)16-11-14(20(23)24)10-15(16)12(2)3/h8-9,11,15-16,21-22H,2,4-7,10H2,1,3H3,(H,23,24)/t15-,16+/m0/s1. The van der Waals surface area contributed by atoms with E-state index in [1.54, 1.807) is 18.2 Å². The molecular weight excluding hydrogens is 304 g/mol. The number of aromatic hydroxyl groups is 2. The van der Waals surface area contributed by atoms with Crippen LogP contribution in [0.2, 0.25) is 0 Å². The van der Waals surface area contributed by atoms with Crippen LogP contribution >= 0.6 is 0 Å². The molecule has 1 aromatic carbocycles. The minimum atomic E-state index is -0.959. The molecule has 2 atom stereocenters. The maximum atomic E-state index is 11.3. The van der Waals surface area contributed by atoms with Crippen molar-refractivity contribution in [2.45, 2.75) is 51.9 Å². The molecule has 0 saturated carbocycles. The van der Waals surface area contributed by atoms with Gasteiger partial charge in [-0.1, -0.05) is 38.0 Å². The number of phenols is 2. The summed E-state index contributed by atoms with van der Waals surface area (Å²) >= 11 is 0. The number of phenolic OH excluding ortho intramolecular Hbond substituents is 2. The Labute approximate surface area is 143 Å². The van der Waals surface area contributed by atoms with Crippen LogP contribution in [0.1, 0.15) is 56.6 Å². The predicted octanol–water partition coefficient (Wildman–Crippen LogP) is 4.52. The van der Waals surface area contributed by atoms with Crippen molar-refractivity contribution >= 4 is 5.97 Å². The van der Waals surface area contributed by atoms with Crippen LogP contribution in [0, 0.1) is 5.92 Å². The quantitative estimate of drug-likeness (QED) is 0.507. The van der Waals surface area contributed by atoms with Crippen molar-refractivity contribution in [3.8, 4) is 11.5 Å². The van der Waals surface area contributed by atoms with Crippen LogP contribution in [0.4, 0.5) is 0 Å². The van der Waals surface area contributed by atoms with Crippen molar-refractivity contribution in [2.24, 2.45) is 5.92 Å². The lowest BCUT2D eigenvalue weighted by molar-refractivity contribution is -0.132. The van der Waals surface area contributed by atoms with E-state index in [9.17, 15) is 20.1 Å². The van der Waals surface area contributed by atoms with E-state index in [1.165, 1.54) is 0 Å². The minimum Gasteiger partial charge on any atom is -0.507 e. The second-order valence-electron chi connectivity index (χ2n) is 6.68. The summed E-state index contributed by atoms with van der Waals surface area (Å²) < 4.78 is 0. The molecule has 4 nitrogen and oxygen atoms in total. The van der Waals surface area contributed by atoms with Gasteiger partial charge < -0.3 is 15.3 Å². The van der Waals surface area contributed by atoms with Crippen molar-refractivity contribution in [2.75, 3.05) is 0 Å². The molecule has 1 aliphatic carbocycles. The van der Waals surface area contributed by atoms with Gasteiger partial charge in [0.1, 0.15) is 11.5 Å². The van der Waals surface area contributed by atoms with Crippen LogP contribution in [0.5, 0.6) is 11.5 Å². The fraction of sp³-hybridized carbons (Fsp3) is 0.450. The van der Waals surface area contributed by atoms with E-state index < -0.39 is 5.97 Å². The molecule has 0 amide bonds. The zero-order chi connectivity index (χ0) is 17.9. The lowest BCUT2D eigenvalue weighted by atomic mass is 9.83. The fourth-order valence-corrected chi connectivity index (χ4v) is 3.43. The normalized spacial score (nSPS) is 20.0. The molecule has 1 aliphatic rings. The fourth-order valence-electron chi connectivity index (χ4n) is 3.43. The average Bonchev–Trinajstić information content (AvgIpc) is 2.92. The van der Waals surface area contributed by atoms with Crippen LogP contribution in [-0.2, 0) is 11.2 Å². The third-order valence-corrected chi connectivity index (χ3v) is 4.76. The predicted molar refractivity (Wildman–Crippen MR) is 94.4 cm³/mol. The van der Waals surface area contributed by atoms with E-state index >= 15 is 0 Å². The number of unbranched alkanes of at least 4 members (excludes halogenated alkanes) is 2. The monoisotopic (exact) mass is 330 g/mol. The first-order valence-corrected chi connectivity index (χ1v) is 8.49. The molecule has 0 bridgehead atoms. The van der Waals surface area contributed by atoms with Crippen LogP contribution < -0.4 is 0 Å². The third-order valence-electron chi connectivity index (χ3n) is 4.76. The average molecular weight is 330 g/mol. The smallest absolute Gasteiger partial charge is 0.331 e. The van der Waals surface area contributed by atoms with Crippen molar-refractivity contribution < 1.29 is 20.1 Å². The van der Waals surface area contributed by atoms with Gasteiger partial charge in [0.25, 0.3) is 0 Å². The Hall–Kier alpha value is -2.23. The summed E-state index contributed by atoms with van der Waals surface area (Å²) in [7, 11) is 0. The lowest BCUT2D eigenvalue weighted by Gasteiger charge is -2.22. The summed E-state index contributed by atoms with van der Waals surface area (Å²) in [6, 6.07) is 3.37. The van der Waals surface area contributed by atoms with E-state index in [1.807, 2.05) is 6.92 Å². The summed E-state index contributed by atoms with van der Waals surface area (Å²) in [4.78, 5) is 11.3. The highest BCUT2D eigenvalue weighted by Gasteiger charge is 2.35. The van der Waals surface area contributed by atoms with E-state index in [-0.39, 0.29) is 23.3 Å². The largest absolute Gasteiger partial charge is 0.507 e. The van der Waals surface area contributed by atoms with E-state index in [0.717, 1.165) is 36.8 Å². The van der Waals surface area contributed by atoms with Crippen LogP contribution in [0.3, 0.4) is 0 Å². The molecular formula is C20H26O4. The number of carboxylic acid groups (broad SMARTS) is 1. The molecule has 1 aromatic rings. The molecule has 4 heteroatoms. The minimum absolute atomic E-state index is 0.0284. The summed E-state index contributed by atoms with van der Waals surface area (Å²) in [6.45, 7) is 7.92. The zero-order valence-corrected chi connectivity index (χ0v) is 14.4. The van der Waals surface area contributed by atoms with Crippen molar-refractivity contribution in [3.63, 3.8) is 0 Å². The molecule has 130 valence electrons. The molecule has 2 rings (SSSR count). The van der Waals surface area contributed by atoms with E-state index in [0.29, 0.717) is 17.6 Å². The molecule has 0 aliphatic heterocycles. The van der Waals surface area contributed by atoms with Gasteiger partial charge in [0.05, 0.1) is 0 Å². The Bertz CT molecular complexity index is 649. The second-order valence-corrected chi connectivity index (χ2v) is 6.68. The second kappa shape index (κ2) is 7.56. The molecule has 0 spiro atoms. The number of rotatable bonds is 7. The molecule has 0 heterocycles. The number of carbonyl (C=O) groups is 1. The van der Waals surface area contributed by atoms with Crippen molar-refractivity contribution in [1.29, 1.82) is 0 Å². The van der Waals surface area contributed by atoms with Crippen LogP contribution in [0.15, 0.2) is 35.9 Å². The molecule has 24 heavy (non-hydrogen) atoms.